The Hall–Kier alpha value is -3.35. The largest absolute Gasteiger partial charge is 0.481 e. The van der Waals surface area contributed by atoms with Gasteiger partial charge in [-0.2, -0.15) is 0 Å². The smallest absolute Gasteiger partial charge is 0.407 e. The fraction of sp³-hybridized carbons (Fsp3) is 0.444. The standard InChI is InChI=1S/C27H34N2O5/c1-4-29(16-10-9-15-24(30)31)25(32)27(2,3)18-28-26(33)34-17-23-21-13-7-5-11-19(21)20-12-6-8-14-22(20)23/h5-8,11-14,23H,4,9-10,15-18H2,1-3H3,(H,28,33)(H,30,31). The Bertz CT molecular complexity index is 988. The molecule has 0 fully saturated rings. The van der Waals surface area contributed by atoms with Crippen molar-refractivity contribution in [2.75, 3.05) is 26.2 Å². The summed E-state index contributed by atoms with van der Waals surface area (Å²) in [5, 5.41) is 11.5. The lowest BCUT2D eigenvalue weighted by Crippen LogP contribution is -2.47. The van der Waals surface area contributed by atoms with Crippen molar-refractivity contribution >= 4 is 18.0 Å². The van der Waals surface area contributed by atoms with Crippen molar-refractivity contribution in [2.45, 2.75) is 46.0 Å². The molecule has 2 amide bonds. The van der Waals surface area contributed by atoms with E-state index >= 15 is 0 Å². The number of carboxylic acids is 1. The van der Waals surface area contributed by atoms with Crippen LogP contribution in [0.1, 0.15) is 57.1 Å². The van der Waals surface area contributed by atoms with Gasteiger partial charge in [-0.3, -0.25) is 9.59 Å². The minimum atomic E-state index is -0.831. The van der Waals surface area contributed by atoms with Crippen molar-refractivity contribution in [2.24, 2.45) is 5.41 Å². The molecular weight excluding hydrogens is 432 g/mol. The average Bonchev–Trinajstić information content (AvgIpc) is 3.15. The molecule has 1 aliphatic carbocycles. The Balaban J connectivity index is 1.52. The van der Waals surface area contributed by atoms with Crippen LogP contribution in [0.15, 0.2) is 48.5 Å². The van der Waals surface area contributed by atoms with Crippen LogP contribution >= 0.6 is 0 Å². The molecule has 0 heterocycles. The first-order valence-corrected chi connectivity index (χ1v) is 11.8. The summed E-state index contributed by atoms with van der Waals surface area (Å²) >= 11 is 0. The number of unbranched alkanes of at least 4 members (excludes halogenated alkanes) is 1. The number of aliphatic carboxylic acids is 1. The number of hydrogen-bond acceptors (Lipinski definition) is 4. The SMILES string of the molecule is CCN(CCCCC(=O)O)C(=O)C(C)(C)CNC(=O)OCC1c2ccccc2-c2ccccc21. The maximum atomic E-state index is 13.0. The molecule has 3 rings (SSSR count). The lowest BCUT2D eigenvalue weighted by atomic mass is 9.91. The second kappa shape index (κ2) is 11.2. The monoisotopic (exact) mass is 466 g/mol. The molecule has 7 nitrogen and oxygen atoms in total. The van der Waals surface area contributed by atoms with Crippen LogP contribution in [0.3, 0.4) is 0 Å². The summed E-state index contributed by atoms with van der Waals surface area (Å²) in [4.78, 5) is 37.9. The van der Waals surface area contributed by atoms with Gasteiger partial charge in [-0.25, -0.2) is 4.79 Å². The summed E-state index contributed by atoms with van der Waals surface area (Å²) in [6.07, 6.45) is 0.699. The molecule has 2 aromatic rings. The summed E-state index contributed by atoms with van der Waals surface area (Å²) in [5.74, 6) is -0.930. The lowest BCUT2D eigenvalue weighted by Gasteiger charge is -2.31. The van der Waals surface area contributed by atoms with E-state index in [-0.39, 0.29) is 31.4 Å². The van der Waals surface area contributed by atoms with E-state index in [1.54, 1.807) is 18.7 Å². The van der Waals surface area contributed by atoms with Crippen LogP contribution in [0.5, 0.6) is 0 Å². The third kappa shape index (κ3) is 5.95. The second-order valence-electron chi connectivity index (χ2n) is 9.30. The number of alkyl carbamates (subject to hydrolysis) is 1. The zero-order chi connectivity index (χ0) is 24.7. The maximum Gasteiger partial charge on any atom is 0.407 e. The Morgan fingerprint density at radius 3 is 2.15 bits per heavy atom. The first-order chi connectivity index (χ1) is 16.2. The molecule has 182 valence electrons. The number of benzene rings is 2. The number of nitrogens with zero attached hydrogens (tertiary/aromatic N) is 1. The quantitative estimate of drug-likeness (QED) is 0.470. The van der Waals surface area contributed by atoms with Gasteiger partial charge in [0.05, 0.1) is 5.41 Å². The van der Waals surface area contributed by atoms with Crippen molar-refractivity contribution in [1.82, 2.24) is 10.2 Å². The molecule has 1 aliphatic rings. The minimum absolute atomic E-state index is 0.0193. The highest BCUT2D eigenvalue weighted by Gasteiger charge is 2.33. The molecule has 0 aromatic heterocycles. The van der Waals surface area contributed by atoms with Gasteiger partial charge in [0.2, 0.25) is 5.91 Å². The average molecular weight is 467 g/mol. The van der Waals surface area contributed by atoms with E-state index in [1.807, 2.05) is 31.2 Å². The summed E-state index contributed by atoms with van der Waals surface area (Å²) in [6, 6.07) is 16.3. The lowest BCUT2D eigenvalue weighted by molar-refractivity contribution is -0.140. The van der Waals surface area contributed by atoms with Crippen LogP contribution in [0.25, 0.3) is 11.1 Å². The molecule has 2 aromatic carbocycles. The normalized spacial score (nSPS) is 12.6. The number of carbonyl (C=O) groups excluding carboxylic acids is 2. The molecule has 2 N–H and O–H groups in total. The van der Waals surface area contributed by atoms with Crippen LogP contribution in [0.4, 0.5) is 4.79 Å². The molecule has 34 heavy (non-hydrogen) atoms. The summed E-state index contributed by atoms with van der Waals surface area (Å²) in [6.45, 7) is 6.87. The van der Waals surface area contributed by atoms with Crippen molar-refractivity contribution in [3.63, 3.8) is 0 Å². The molecule has 0 saturated carbocycles. The maximum absolute atomic E-state index is 13.0. The second-order valence-corrected chi connectivity index (χ2v) is 9.30. The molecule has 0 aliphatic heterocycles. The fourth-order valence-electron chi connectivity index (χ4n) is 4.43. The number of carboxylic acid groups (broad SMARTS) is 1. The zero-order valence-corrected chi connectivity index (χ0v) is 20.2. The molecule has 0 radical (unpaired) electrons. The molecule has 0 unspecified atom stereocenters. The Kier molecular flexibility index (Phi) is 8.31. The van der Waals surface area contributed by atoms with Gasteiger partial charge in [-0.1, -0.05) is 48.5 Å². The first-order valence-electron chi connectivity index (χ1n) is 11.8. The third-order valence-corrected chi connectivity index (χ3v) is 6.33. The molecule has 0 spiro atoms. The van der Waals surface area contributed by atoms with Crippen molar-refractivity contribution < 1.29 is 24.2 Å². The molecule has 7 heteroatoms. The van der Waals surface area contributed by atoms with Gasteiger partial charge in [-0.05, 0) is 55.9 Å². The number of nitrogens with one attached hydrogen (secondary N) is 1. The van der Waals surface area contributed by atoms with E-state index in [2.05, 4.69) is 29.6 Å². The van der Waals surface area contributed by atoms with E-state index in [0.29, 0.717) is 25.9 Å². The topological polar surface area (TPSA) is 95.9 Å². The van der Waals surface area contributed by atoms with Gasteiger partial charge in [0.25, 0.3) is 0 Å². The predicted octanol–water partition coefficient (Wildman–Crippen LogP) is 4.65. The van der Waals surface area contributed by atoms with Crippen molar-refractivity contribution in [3.05, 3.63) is 59.7 Å². The number of hydrogen-bond donors (Lipinski definition) is 2. The van der Waals surface area contributed by atoms with Crippen LogP contribution in [-0.4, -0.2) is 54.2 Å². The number of amides is 2. The summed E-state index contributed by atoms with van der Waals surface area (Å²) in [5.41, 5.74) is 3.82. The Morgan fingerprint density at radius 1 is 1.00 bits per heavy atom. The summed E-state index contributed by atoms with van der Waals surface area (Å²) in [7, 11) is 0. The first kappa shape index (κ1) is 25.3. The number of fused-ring (bicyclic) bond motifs is 3. The van der Waals surface area contributed by atoms with Crippen LogP contribution in [-0.2, 0) is 14.3 Å². The number of carbonyl (C=O) groups is 3. The van der Waals surface area contributed by atoms with Gasteiger partial charge in [-0.15, -0.1) is 0 Å². The minimum Gasteiger partial charge on any atom is -0.481 e. The van der Waals surface area contributed by atoms with Crippen LogP contribution in [0.2, 0.25) is 0 Å². The van der Waals surface area contributed by atoms with E-state index in [4.69, 9.17) is 9.84 Å². The molecule has 0 bridgehead atoms. The Morgan fingerprint density at radius 2 is 1.59 bits per heavy atom. The van der Waals surface area contributed by atoms with Crippen molar-refractivity contribution in [1.29, 1.82) is 0 Å². The predicted molar refractivity (Wildman–Crippen MR) is 131 cm³/mol. The summed E-state index contributed by atoms with van der Waals surface area (Å²) < 4.78 is 5.57. The van der Waals surface area contributed by atoms with Gasteiger partial charge in [0.1, 0.15) is 6.61 Å². The van der Waals surface area contributed by atoms with Crippen molar-refractivity contribution in [3.8, 4) is 11.1 Å². The Labute approximate surface area is 201 Å². The molecular formula is C27H34N2O5. The highest BCUT2D eigenvalue weighted by atomic mass is 16.5. The van der Waals surface area contributed by atoms with Gasteiger partial charge in [0, 0.05) is 32.0 Å². The van der Waals surface area contributed by atoms with E-state index in [0.717, 1.165) is 11.1 Å². The van der Waals surface area contributed by atoms with Gasteiger partial charge >= 0.3 is 12.1 Å². The molecule has 0 atom stereocenters. The van der Waals surface area contributed by atoms with Gasteiger partial charge in [0.15, 0.2) is 0 Å². The van der Waals surface area contributed by atoms with E-state index in [1.165, 1.54) is 11.1 Å². The highest BCUT2D eigenvalue weighted by Crippen LogP contribution is 2.44. The number of ether oxygens (including phenoxy) is 1. The fourth-order valence-corrected chi connectivity index (χ4v) is 4.43. The van der Waals surface area contributed by atoms with E-state index < -0.39 is 17.5 Å². The molecule has 0 saturated heterocycles. The zero-order valence-electron chi connectivity index (χ0n) is 20.2. The van der Waals surface area contributed by atoms with E-state index in [9.17, 15) is 14.4 Å². The number of rotatable bonds is 11. The van der Waals surface area contributed by atoms with Gasteiger partial charge < -0.3 is 20.1 Å². The third-order valence-electron chi connectivity index (χ3n) is 6.33. The highest BCUT2D eigenvalue weighted by molar-refractivity contribution is 5.83. The van der Waals surface area contributed by atoms with Crippen LogP contribution in [0, 0.1) is 5.41 Å². The van der Waals surface area contributed by atoms with Crippen LogP contribution < -0.4 is 5.32 Å².